The number of nitrogens with one attached hydrogen (secondary N) is 1. The van der Waals surface area contributed by atoms with Crippen molar-refractivity contribution in [3.05, 3.63) is 48.2 Å². The fourth-order valence-electron chi connectivity index (χ4n) is 3.30. The normalized spacial score (nSPS) is 14.8. The van der Waals surface area contributed by atoms with E-state index in [1.54, 1.807) is 16.8 Å². The van der Waals surface area contributed by atoms with Crippen molar-refractivity contribution in [2.45, 2.75) is 6.54 Å². The van der Waals surface area contributed by atoms with E-state index in [4.69, 9.17) is 15.6 Å². The van der Waals surface area contributed by atoms with Gasteiger partial charge in [-0.05, 0) is 23.8 Å². The Morgan fingerprint density at radius 2 is 2.21 bits per heavy atom. The van der Waals surface area contributed by atoms with E-state index in [0.29, 0.717) is 30.2 Å². The van der Waals surface area contributed by atoms with Crippen LogP contribution in [0.2, 0.25) is 0 Å². The number of aromatic nitrogens is 3. The molecule has 1 aliphatic rings. The minimum atomic E-state index is -1.01. The molecule has 0 atom stereocenters. The standard InChI is InChI=1S/C18H19FN6O3/c19-14-5-13(20)1-2-15(14)28-17-16-12(3-4-25(16)23-10-22-17)9-24-7-11(8-24)6-21-18(26)27/h1-5,10-11,21H,6-9,20H2,(H,26,27). The fourth-order valence-corrected chi connectivity index (χ4v) is 3.30. The number of nitrogen functional groups attached to an aromatic ring is 1. The van der Waals surface area contributed by atoms with Crippen LogP contribution in [-0.2, 0) is 6.54 Å². The van der Waals surface area contributed by atoms with Crippen molar-refractivity contribution in [3.8, 4) is 11.6 Å². The number of amides is 1. The number of ether oxygens (including phenoxy) is 1. The van der Waals surface area contributed by atoms with Crippen molar-refractivity contribution in [3.63, 3.8) is 0 Å². The summed E-state index contributed by atoms with van der Waals surface area (Å²) >= 11 is 0. The molecule has 4 rings (SSSR count). The number of hydrogen-bond donors (Lipinski definition) is 3. The lowest BCUT2D eigenvalue weighted by Gasteiger charge is -2.39. The quantitative estimate of drug-likeness (QED) is 0.554. The van der Waals surface area contributed by atoms with Crippen LogP contribution in [0.25, 0.3) is 5.52 Å². The van der Waals surface area contributed by atoms with Gasteiger partial charge in [-0.15, -0.1) is 0 Å². The highest BCUT2D eigenvalue weighted by molar-refractivity contribution is 5.64. The number of nitrogens with zero attached hydrogens (tertiary/aromatic N) is 4. The van der Waals surface area contributed by atoms with Crippen LogP contribution in [0.4, 0.5) is 14.9 Å². The zero-order chi connectivity index (χ0) is 19.7. The highest BCUT2D eigenvalue weighted by Gasteiger charge is 2.28. The predicted octanol–water partition coefficient (Wildman–Crippen LogP) is 1.94. The molecule has 0 radical (unpaired) electrons. The van der Waals surface area contributed by atoms with Crippen LogP contribution in [-0.4, -0.2) is 50.3 Å². The number of likely N-dealkylation sites (tertiary alicyclic amines) is 1. The minimum Gasteiger partial charge on any atom is -0.465 e. The predicted molar refractivity (Wildman–Crippen MR) is 98.7 cm³/mol. The van der Waals surface area contributed by atoms with Gasteiger partial charge in [0.1, 0.15) is 11.8 Å². The Balaban J connectivity index is 1.50. The molecule has 9 nitrogen and oxygen atoms in total. The number of halogens is 1. The maximum atomic E-state index is 14.1. The summed E-state index contributed by atoms with van der Waals surface area (Å²) in [5.41, 5.74) is 7.49. The van der Waals surface area contributed by atoms with Gasteiger partial charge in [-0.3, -0.25) is 4.90 Å². The third kappa shape index (κ3) is 3.67. The molecule has 1 amide bonds. The average Bonchev–Trinajstić information content (AvgIpc) is 3.03. The van der Waals surface area contributed by atoms with E-state index >= 15 is 0 Å². The van der Waals surface area contributed by atoms with Crippen LogP contribution in [0.15, 0.2) is 36.8 Å². The largest absolute Gasteiger partial charge is 0.465 e. The Hall–Kier alpha value is -3.40. The molecule has 0 spiro atoms. The van der Waals surface area contributed by atoms with Crippen molar-refractivity contribution < 1.29 is 19.0 Å². The molecule has 1 saturated heterocycles. The van der Waals surface area contributed by atoms with E-state index < -0.39 is 11.9 Å². The first-order valence-corrected chi connectivity index (χ1v) is 8.73. The van der Waals surface area contributed by atoms with Crippen molar-refractivity contribution in [1.29, 1.82) is 0 Å². The van der Waals surface area contributed by atoms with Crippen molar-refractivity contribution in [2.75, 3.05) is 25.4 Å². The van der Waals surface area contributed by atoms with Crippen LogP contribution in [0.5, 0.6) is 11.6 Å². The monoisotopic (exact) mass is 386 g/mol. The summed E-state index contributed by atoms with van der Waals surface area (Å²) < 4.78 is 21.4. The molecule has 28 heavy (non-hydrogen) atoms. The molecule has 1 aromatic carbocycles. The third-order valence-electron chi connectivity index (χ3n) is 4.64. The Kier molecular flexibility index (Phi) is 4.70. The molecule has 2 aromatic heterocycles. The molecule has 0 bridgehead atoms. The van der Waals surface area contributed by atoms with Gasteiger partial charge in [0.15, 0.2) is 11.6 Å². The molecular weight excluding hydrogens is 367 g/mol. The molecule has 3 heterocycles. The topological polar surface area (TPSA) is 118 Å². The van der Waals surface area contributed by atoms with Crippen LogP contribution in [0.3, 0.4) is 0 Å². The van der Waals surface area contributed by atoms with E-state index in [1.165, 1.54) is 18.5 Å². The summed E-state index contributed by atoms with van der Waals surface area (Å²) in [6.45, 7) is 2.65. The molecule has 1 aliphatic heterocycles. The Morgan fingerprint density at radius 3 is 2.96 bits per heavy atom. The number of fused-ring (bicyclic) bond motifs is 1. The van der Waals surface area contributed by atoms with E-state index in [1.807, 2.05) is 6.07 Å². The van der Waals surface area contributed by atoms with E-state index in [2.05, 4.69) is 20.3 Å². The molecule has 0 saturated carbocycles. The molecule has 0 aliphatic carbocycles. The van der Waals surface area contributed by atoms with Crippen LogP contribution in [0.1, 0.15) is 5.56 Å². The molecule has 1 fully saturated rings. The first kappa shape index (κ1) is 18.0. The Morgan fingerprint density at radius 1 is 1.39 bits per heavy atom. The molecule has 3 aromatic rings. The molecular formula is C18H19FN6O3. The first-order valence-electron chi connectivity index (χ1n) is 8.73. The van der Waals surface area contributed by atoms with Gasteiger partial charge in [0.25, 0.3) is 0 Å². The van der Waals surface area contributed by atoms with Gasteiger partial charge in [0.2, 0.25) is 5.88 Å². The minimum absolute atomic E-state index is 0.0331. The zero-order valence-corrected chi connectivity index (χ0v) is 14.9. The number of hydrogen-bond acceptors (Lipinski definition) is 6. The first-order chi connectivity index (χ1) is 13.5. The lowest BCUT2D eigenvalue weighted by atomic mass is 9.99. The number of benzene rings is 1. The number of carboxylic acid groups (broad SMARTS) is 1. The molecule has 4 N–H and O–H groups in total. The van der Waals surface area contributed by atoms with E-state index in [9.17, 15) is 9.18 Å². The summed E-state index contributed by atoms with van der Waals surface area (Å²) in [4.78, 5) is 16.9. The second-order valence-electron chi connectivity index (χ2n) is 6.74. The van der Waals surface area contributed by atoms with Gasteiger partial charge >= 0.3 is 6.09 Å². The lowest BCUT2D eigenvalue weighted by Crippen LogP contribution is -2.50. The van der Waals surface area contributed by atoms with Crippen molar-refractivity contribution in [2.24, 2.45) is 5.92 Å². The van der Waals surface area contributed by atoms with Crippen molar-refractivity contribution in [1.82, 2.24) is 24.8 Å². The third-order valence-corrected chi connectivity index (χ3v) is 4.64. The zero-order valence-electron chi connectivity index (χ0n) is 14.9. The molecule has 10 heteroatoms. The second-order valence-corrected chi connectivity index (χ2v) is 6.74. The number of nitrogens with two attached hydrogens (primary N) is 1. The summed E-state index contributed by atoms with van der Waals surface area (Å²) in [6, 6.07) is 6.12. The van der Waals surface area contributed by atoms with Gasteiger partial charge in [-0.25, -0.2) is 13.7 Å². The average molecular weight is 386 g/mol. The summed E-state index contributed by atoms with van der Waals surface area (Å²) in [5.74, 6) is 0.0104. The second kappa shape index (κ2) is 7.31. The SMILES string of the molecule is Nc1ccc(Oc2ncnn3ccc(CN4CC(CNC(=O)O)C4)c23)c(F)c1. The van der Waals surface area contributed by atoms with Gasteiger partial charge in [0.05, 0.1) is 0 Å². The Labute approximate surface area is 159 Å². The van der Waals surface area contributed by atoms with Crippen LogP contribution in [0, 0.1) is 11.7 Å². The highest BCUT2D eigenvalue weighted by atomic mass is 19.1. The smallest absolute Gasteiger partial charge is 0.404 e. The van der Waals surface area contributed by atoms with Crippen LogP contribution < -0.4 is 15.8 Å². The highest BCUT2D eigenvalue weighted by Crippen LogP contribution is 2.30. The van der Waals surface area contributed by atoms with Crippen LogP contribution >= 0.6 is 0 Å². The summed E-state index contributed by atoms with van der Waals surface area (Å²) in [6.07, 6.45) is 2.13. The van der Waals surface area contributed by atoms with E-state index in [-0.39, 0.29) is 11.6 Å². The molecule has 146 valence electrons. The maximum Gasteiger partial charge on any atom is 0.404 e. The fraction of sp³-hybridized carbons (Fsp3) is 0.278. The number of rotatable bonds is 6. The van der Waals surface area contributed by atoms with Gasteiger partial charge in [-0.1, -0.05) is 0 Å². The number of anilines is 1. The lowest BCUT2D eigenvalue weighted by molar-refractivity contribution is 0.0911. The summed E-state index contributed by atoms with van der Waals surface area (Å²) in [5, 5.41) is 15.2. The van der Waals surface area contributed by atoms with E-state index in [0.717, 1.165) is 18.7 Å². The van der Waals surface area contributed by atoms with Gasteiger partial charge in [0, 0.05) is 50.0 Å². The van der Waals surface area contributed by atoms with Gasteiger partial charge < -0.3 is 20.9 Å². The Bertz CT molecular complexity index is 1020. The molecule has 0 unspecified atom stereocenters. The summed E-state index contributed by atoms with van der Waals surface area (Å²) in [7, 11) is 0. The maximum absolute atomic E-state index is 14.1. The van der Waals surface area contributed by atoms with Crippen molar-refractivity contribution >= 4 is 17.3 Å². The van der Waals surface area contributed by atoms with Gasteiger partial charge in [-0.2, -0.15) is 10.1 Å². The number of carbonyl (C=O) groups is 1.